The highest BCUT2D eigenvalue weighted by molar-refractivity contribution is 7.91. The molecule has 0 spiro atoms. The van der Waals surface area contributed by atoms with Gasteiger partial charge in [-0.05, 0) is 45.7 Å². The Bertz CT molecular complexity index is 365. The van der Waals surface area contributed by atoms with Gasteiger partial charge in [0.05, 0.1) is 11.5 Å². The van der Waals surface area contributed by atoms with Gasteiger partial charge in [-0.25, -0.2) is 8.42 Å². The molecule has 0 radical (unpaired) electrons. The summed E-state index contributed by atoms with van der Waals surface area (Å²) >= 11 is 0. The van der Waals surface area contributed by atoms with Crippen LogP contribution >= 0.6 is 0 Å². The number of rotatable bonds is 2. The fraction of sp³-hybridized carbons (Fsp3) is 1.00. The van der Waals surface area contributed by atoms with Crippen molar-refractivity contribution in [1.29, 1.82) is 0 Å². The molecule has 0 aromatic carbocycles. The van der Waals surface area contributed by atoms with Crippen molar-refractivity contribution >= 4 is 9.84 Å². The van der Waals surface area contributed by atoms with Gasteiger partial charge in [-0.15, -0.1) is 0 Å². The fourth-order valence-electron chi connectivity index (χ4n) is 2.96. The molecular weight excluding hydrogens is 236 g/mol. The first-order valence-corrected chi connectivity index (χ1v) is 8.36. The maximum Gasteiger partial charge on any atom is 0.150 e. The number of hydrogen-bond donors (Lipinski definition) is 1. The molecule has 1 N–H and O–H groups in total. The molecule has 0 saturated carbocycles. The average molecular weight is 260 g/mol. The second kappa shape index (κ2) is 4.86. The summed E-state index contributed by atoms with van der Waals surface area (Å²) in [6, 6.07) is 0. The molecule has 100 valence electrons. The van der Waals surface area contributed by atoms with Crippen LogP contribution < -0.4 is 5.32 Å². The minimum atomic E-state index is -2.73. The van der Waals surface area contributed by atoms with Gasteiger partial charge in [0.15, 0.2) is 9.84 Å². The average Bonchev–Trinajstić information content (AvgIpc) is 2.41. The monoisotopic (exact) mass is 260 g/mol. The summed E-state index contributed by atoms with van der Waals surface area (Å²) in [6.45, 7) is 8.56. The molecule has 4 nitrogen and oxygen atoms in total. The zero-order valence-corrected chi connectivity index (χ0v) is 11.7. The van der Waals surface area contributed by atoms with Gasteiger partial charge in [0.1, 0.15) is 0 Å². The molecule has 5 heteroatoms. The molecule has 17 heavy (non-hydrogen) atoms. The Labute approximate surface area is 105 Å². The Kier molecular flexibility index (Phi) is 3.80. The van der Waals surface area contributed by atoms with Gasteiger partial charge in [-0.1, -0.05) is 0 Å². The largest absolute Gasteiger partial charge is 0.310 e. The fourth-order valence-corrected chi connectivity index (χ4v) is 4.81. The Hall–Kier alpha value is -0.130. The number of hydrogen-bond acceptors (Lipinski definition) is 4. The van der Waals surface area contributed by atoms with E-state index in [9.17, 15) is 8.42 Å². The third kappa shape index (κ3) is 3.93. The van der Waals surface area contributed by atoms with E-state index in [1.807, 2.05) is 0 Å². The van der Waals surface area contributed by atoms with E-state index < -0.39 is 9.84 Å². The summed E-state index contributed by atoms with van der Waals surface area (Å²) in [5.41, 5.74) is 0.147. The zero-order valence-electron chi connectivity index (χ0n) is 10.9. The van der Waals surface area contributed by atoms with Gasteiger partial charge in [0.25, 0.3) is 0 Å². The maximum absolute atomic E-state index is 11.4. The van der Waals surface area contributed by atoms with Crippen molar-refractivity contribution < 1.29 is 8.42 Å². The number of sulfone groups is 1. The van der Waals surface area contributed by atoms with E-state index in [0.29, 0.717) is 17.4 Å². The van der Waals surface area contributed by atoms with Gasteiger partial charge in [0.2, 0.25) is 0 Å². The molecule has 0 aliphatic carbocycles. The highest BCUT2D eigenvalue weighted by Crippen LogP contribution is 2.21. The first kappa shape index (κ1) is 13.3. The molecule has 1 unspecified atom stereocenters. The lowest BCUT2D eigenvalue weighted by atomic mass is 10.0. The normalized spacial score (nSPS) is 33.4. The summed E-state index contributed by atoms with van der Waals surface area (Å²) in [5.74, 6) is 1.15. The Morgan fingerprint density at radius 3 is 2.82 bits per heavy atom. The predicted octanol–water partition coefficient (Wildman–Crippen LogP) is 0.495. The van der Waals surface area contributed by atoms with Crippen molar-refractivity contribution in [2.75, 3.05) is 37.7 Å². The predicted molar refractivity (Wildman–Crippen MR) is 69.9 cm³/mol. The van der Waals surface area contributed by atoms with E-state index in [-0.39, 0.29) is 5.54 Å². The summed E-state index contributed by atoms with van der Waals surface area (Å²) in [5, 5.41) is 3.53. The standard InChI is InChI=1S/C12H24N2O2S/c1-12(2)10-14(6-3-5-13-12)8-11-4-7-17(15,16)9-11/h11,13H,3-10H2,1-2H3. The van der Waals surface area contributed by atoms with Crippen molar-refractivity contribution in [3.63, 3.8) is 0 Å². The smallest absolute Gasteiger partial charge is 0.150 e. The molecule has 2 saturated heterocycles. The third-order valence-corrected chi connectivity index (χ3v) is 5.55. The molecule has 2 heterocycles. The first-order chi connectivity index (χ1) is 7.86. The molecule has 2 aliphatic heterocycles. The van der Waals surface area contributed by atoms with E-state index in [1.165, 1.54) is 0 Å². The molecule has 2 aliphatic rings. The number of nitrogens with one attached hydrogen (secondary N) is 1. The Morgan fingerprint density at radius 2 is 2.18 bits per heavy atom. The van der Waals surface area contributed by atoms with Crippen LogP contribution in [0, 0.1) is 5.92 Å². The summed E-state index contributed by atoms with van der Waals surface area (Å²) < 4.78 is 22.9. The highest BCUT2D eigenvalue weighted by Gasteiger charge is 2.31. The van der Waals surface area contributed by atoms with E-state index >= 15 is 0 Å². The summed E-state index contributed by atoms with van der Waals surface area (Å²) in [7, 11) is -2.73. The van der Waals surface area contributed by atoms with Crippen LogP contribution in [0.2, 0.25) is 0 Å². The molecule has 0 aromatic heterocycles. The molecule has 0 aromatic rings. The van der Waals surface area contributed by atoms with Crippen LogP contribution in [-0.2, 0) is 9.84 Å². The van der Waals surface area contributed by atoms with Crippen LogP contribution in [0.4, 0.5) is 0 Å². The third-order valence-electron chi connectivity index (χ3n) is 3.72. The van der Waals surface area contributed by atoms with Gasteiger partial charge in [-0.3, -0.25) is 0 Å². The highest BCUT2D eigenvalue weighted by atomic mass is 32.2. The summed E-state index contributed by atoms with van der Waals surface area (Å²) in [4.78, 5) is 2.44. The van der Waals surface area contributed by atoms with E-state index in [1.54, 1.807) is 0 Å². The number of nitrogens with zero attached hydrogens (tertiary/aromatic N) is 1. The molecule has 0 bridgehead atoms. The van der Waals surface area contributed by atoms with E-state index in [4.69, 9.17) is 0 Å². The van der Waals surface area contributed by atoms with Crippen molar-refractivity contribution in [1.82, 2.24) is 10.2 Å². The van der Waals surface area contributed by atoms with Crippen LogP contribution in [-0.4, -0.2) is 56.5 Å². The zero-order chi connectivity index (χ0) is 12.5. The van der Waals surface area contributed by atoms with Crippen LogP contribution in [0.5, 0.6) is 0 Å². The molecular formula is C12H24N2O2S. The minimum absolute atomic E-state index is 0.147. The second-order valence-electron chi connectivity index (χ2n) is 6.17. The van der Waals surface area contributed by atoms with Crippen LogP contribution in [0.3, 0.4) is 0 Å². The van der Waals surface area contributed by atoms with Crippen molar-refractivity contribution in [2.24, 2.45) is 5.92 Å². The van der Waals surface area contributed by atoms with Crippen molar-refractivity contribution in [2.45, 2.75) is 32.2 Å². The first-order valence-electron chi connectivity index (χ1n) is 6.54. The lowest BCUT2D eigenvalue weighted by Gasteiger charge is -2.31. The van der Waals surface area contributed by atoms with Crippen LogP contribution in [0.1, 0.15) is 26.7 Å². The summed E-state index contributed by atoms with van der Waals surface area (Å²) in [6.07, 6.45) is 2.01. The quantitative estimate of drug-likeness (QED) is 0.785. The maximum atomic E-state index is 11.4. The minimum Gasteiger partial charge on any atom is -0.310 e. The van der Waals surface area contributed by atoms with Crippen molar-refractivity contribution in [3.8, 4) is 0 Å². The molecule has 2 fully saturated rings. The van der Waals surface area contributed by atoms with Crippen molar-refractivity contribution in [3.05, 3.63) is 0 Å². The van der Waals surface area contributed by atoms with E-state index in [0.717, 1.165) is 39.0 Å². The van der Waals surface area contributed by atoms with Crippen LogP contribution in [0.15, 0.2) is 0 Å². The van der Waals surface area contributed by atoms with Gasteiger partial charge < -0.3 is 10.2 Å². The molecule has 0 amide bonds. The van der Waals surface area contributed by atoms with Gasteiger partial charge in [-0.2, -0.15) is 0 Å². The van der Waals surface area contributed by atoms with Gasteiger partial charge >= 0.3 is 0 Å². The second-order valence-corrected chi connectivity index (χ2v) is 8.40. The molecule has 2 rings (SSSR count). The van der Waals surface area contributed by atoms with Crippen LogP contribution in [0.25, 0.3) is 0 Å². The van der Waals surface area contributed by atoms with Gasteiger partial charge in [0, 0.05) is 18.6 Å². The Balaban J connectivity index is 1.90. The lowest BCUT2D eigenvalue weighted by molar-refractivity contribution is 0.206. The topological polar surface area (TPSA) is 49.4 Å². The Morgan fingerprint density at radius 1 is 1.41 bits per heavy atom. The lowest BCUT2D eigenvalue weighted by Crippen LogP contribution is -2.47. The molecule has 1 atom stereocenters. The SMILES string of the molecule is CC1(C)CN(CC2CCS(=O)(=O)C2)CCCN1. The van der Waals surface area contributed by atoms with E-state index in [2.05, 4.69) is 24.1 Å².